The summed E-state index contributed by atoms with van der Waals surface area (Å²) in [4.78, 5) is 14.0. The fraction of sp³-hybridized carbons (Fsp3) is 0.500. The average molecular weight is 287 g/mol. The Bertz CT molecular complexity index is 582. The van der Waals surface area contributed by atoms with Crippen LogP contribution in [0.4, 0.5) is 4.79 Å². The summed E-state index contributed by atoms with van der Waals surface area (Å²) in [6.45, 7) is 15.2. The van der Waals surface area contributed by atoms with E-state index in [-0.39, 0.29) is 6.09 Å². The maximum Gasteiger partial charge on any atom is 0.410 e. The number of rotatable bonds is 1. The fourth-order valence-corrected chi connectivity index (χ4v) is 2.84. The van der Waals surface area contributed by atoms with Gasteiger partial charge in [-0.15, -0.1) is 0 Å². The molecule has 0 bridgehead atoms. The number of fused-ring (bicyclic) bond motifs is 1. The fourth-order valence-electron chi connectivity index (χ4n) is 2.84. The van der Waals surface area contributed by atoms with Gasteiger partial charge in [0.1, 0.15) is 5.60 Å². The summed E-state index contributed by atoms with van der Waals surface area (Å²) in [6, 6.07) is 2.15. The van der Waals surface area contributed by atoms with E-state index in [1.54, 1.807) is 4.90 Å². The largest absolute Gasteiger partial charge is 0.444 e. The SMILES string of the molecule is C=Cc1cc(C)c2c(c1C)CCN(C(=O)OC(C)(C)C)C2. The van der Waals surface area contributed by atoms with E-state index in [0.717, 1.165) is 6.42 Å². The van der Waals surface area contributed by atoms with E-state index in [1.165, 1.54) is 27.8 Å². The lowest BCUT2D eigenvalue weighted by Crippen LogP contribution is -2.40. The van der Waals surface area contributed by atoms with Crippen LogP contribution in [-0.2, 0) is 17.7 Å². The lowest BCUT2D eigenvalue weighted by Gasteiger charge is -2.33. The predicted molar refractivity (Wildman–Crippen MR) is 86.4 cm³/mol. The van der Waals surface area contributed by atoms with Gasteiger partial charge in [0.25, 0.3) is 0 Å². The third-order valence-corrected chi connectivity index (χ3v) is 3.95. The third-order valence-electron chi connectivity index (χ3n) is 3.95. The quantitative estimate of drug-likeness (QED) is 0.773. The highest BCUT2D eigenvalue weighted by atomic mass is 16.6. The van der Waals surface area contributed by atoms with Crippen molar-refractivity contribution in [3.8, 4) is 0 Å². The highest BCUT2D eigenvalue weighted by molar-refractivity contribution is 5.69. The molecule has 0 aromatic heterocycles. The van der Waals surface area contributed by atoms with E-state index in [9.17, 15) is 4.79 Å². The normalized spacial score (nSPS) is 14.6. The Labute approximate surface area is 127 Å². The zero-order valence-corrected chi connectivity index (χ0v) is 13.7. The molecule has 0 atom stereocenters. The maximum atomic E-state index is 12.2. The monoisotopic (exact) mass is 287 g/mol. The van der Waals surface area contributed by atoms with Gasteiger partial charge in [-0.3, -0.25) is 0 Å². The van der Waals surface area contributed by atoms with Crippen LogP contribution in [0.5, 0.6) is 0 Å². The van der Waals surface area contributed by atoms with Gasteiger partial charge in [0.15, 0.2) is 0 Å². The molecular formula is C18H25NO2. The molecule has 21 heavy (non-hydrogen) atoms. The predicted octanol–water partition coefficient (Wildman–Crippen LogP) is 4.24. The Morgan fingerprint density at radius 3 is 2.57 bits per heavy atom. The Hall–Kier alpha value is -1.77. The van der Waals surface area contributed by atoms with Gasteiger partial charge in [0.05, 0.1) is 0 Å². The molecule has 0 saturated heterocycles. The second-order valence-corrected chi connectivity index (χ2v) is 6.72. The number of aryl methyl sites for hydroxylation is 1. The van der Waals surface area contributed by atoms with E-state index in [1.807, 2.05) is 26.8 Å². The van der Waals surface area contributed by atoms with Crippen molar-refractivity contribution < 1.29 is 9.53 Å². The van der Waals surface area contributed by atoms with Gasteiger partial charge in [-0.25, -0.2) is 4.79 Å². The van der Waals surface area contributed by atoms with E-state index in [0.29, 0.717) is 13.1 Å². The number of nitrogens with zero attached hydrogens (tertiary/aromatic N) is 1. The average Bonchev–Trinajstić information content (AvgIpc) is 2.40. The molecule has 1 aliphatic heterocycles. The summed E-state index contributed by atoms with van der Waals surface area (Å²) >= 11 is 0. The van der Waals surface area contributed by atoms with Crippen molar-refractivity contribution in [2.75, 3.05) is 6.54 Å². The van der Waals surface area contributed by atoms with Crippen LogP contribution in [-0.4, -0.2) is 23.1 Å². The molecule has 1 aromatic carbocycles. The van der Waals surface area contributed by atoms with Gasteiger partial charge >= 0.3 is 6.09 Å². The van der Waals surface area contributed by atoms with E-state index in [4.69, 9.17) is 4.74 Å². The van der Waals surface area contributed by atoms with Crippen LogP contribution in [0.3, 0.4) is 0 Å². The second kappa shape index (κ2) is 5.55. The zero-order chi connectivity index (χ0) is 15.8. The summed E-state index contributed by atoms with van der Waals surface area (Å²) in [5, 5.41) is 0. The number of amides is 1. The van der Waals surface area contributed by atoms with Crippen molar-refractivity contribution in [2.45, 2.75) is 53.2 Å². The number of benzene rings is 1. The summed E-state index contributed by atoms with van der Waals surface area (Å²) < 4.78 is 5.48. The van der Waals surface area contributed by atoms with Crippen molar-refractivity contribution in [3.63, 3.8) is 0 Å². The van der Waals surface area contributed by atoms with Crippen LogP contribution in [0, 0.1) is 13.8 Å². The summed E-state index contributed by atoms with van der Waals surface area (Å²) in [5.41, 5.74) is 5.87. The molecule has 1 aromatic rings. The lowest BCUT2D eigenvalue weighted by atomic mass is 9.88. The Balaban J connectivity index is 2.27. The van der Waals surface area contributed by atoms with Crippen LogP contribution in [0.2, 0.25) is 0 Å². The molecular weight excluding hydrogens is 262 g/mol. The Morgan fingerprint density at radius 1 is 1.33 bits per heavy atom. The van der Waals surface area contributed by atoms with Gasteiger partial charge in [0.2, 0.25) is 0 Å². The van der Waals surface area contributed by atoms with Crippen LogP contribution in [0.15, 0.2) is 12.6 Å². The van der Waals surface area contributed by atoms with Crippen molar-refractivity contribution in [1.29, 1.82) is 0 Å². The molecule has 3 nitrogen and oxygen atoms in total. The van der Waals surface area contributed by atoms with Gasteiger partial charge in [-0.1, -0.05) is 18.7 Å². The minimum atomic E-state index is -0.449. The molecule has 1 amide bonds. The molecule has 0 fully saturated rings. The topological polar surface area (TPSA) is 29.5 Å². The molecule has 114 valence electrons. The number of ether oxygens (including phenoxy) is 1. The van der Waals surface area contributed by atoms with Crippen LogP contribution in [0.25, 0.3) is 6.08 Å². The first kappa shape index (κ1) is 15.6. The van der Waals surface area contributed by atoms with Gasteiger partial charge in [-0.2, -0.15) is 0 Å². The first-order valence-corrected chi connectivity index (χ1v) is 7.45. The summed E-state index contributed by atoms with van der Waals surface area (Å²) in [7, 11) is 0. The standard InChI is InChI=1S/C18H25NO2/c1-7-14-10-12(2)16-11-19(9-8-15(16)13(14)3)17(20)21-18(4,5)6/h7,10H,1,8-9,11H2,2-6H3. The molecule has 1 aliphatic rings. The molecule has 2 rings (SSSR count). The second-order valence-electron chi connectivity index (χ2n) is 6.72. The first-order chi connectivity index (χ1) is 9.73. The summed E-state index contributed by atoms with van der Waals surface area (Å²) in [6.07, 6.45) is 2.56. The first-order valence-electron chi connectivity index (χ1n) is 7.45. The van der Waals surface area contributed by atoms with E-state index in [2.05, 4.69) is 26.5 Å². The van der Waals surface area contributed by atoms with Crippen LogP contribution >= 0.6 is 0 Å². The van der Waals surface area contributed by atoms with Gasteiger partial charge in [-0.05, 0) is 68.9 Å². The molecule has 0 unspecified atom stereocenters. The number of carbonyl (C=O) groups is 1. The maximum absolute atomic E-state index is 12.2. The minimum absolute atomic E-state index is 0.224. The number of hydrogen-bond acceptors (Lipinski definition) is 2. The van der Waals surface area contributed by atoms with Crippen molar-refractivity contribution >= 4 is 12.2 Å². The highest BCUT2D eigenvalue weighted by Gasteiger charge is 2.27. The van der Waals surface area contributed by atoms with E-state index < -0.39 is 5.60 Å². The molecule has 0 saturated carbocycles. The van der Waals surface area contributed by atoms with Crippen molar-refractivity contribution in [3.05, 3.63) is 40.5 Å². The lowest BCUT2D eigenvalue weighted by molar-refractivity contribution is 0.0223. The zero-order valence-electron chi connectivity index (χ0n) is 13.7. The van der Waals surface area contributed by atoms with Crippen LogP contribution < -0.4 is 0 Å². The molecule has 0 N–H and O–H groups in total. The van der Waals surface area contributed by atoms with Gasteiger partial charge in [0, 0.05) is 13.1 Å². The van der Waals surface area contributed by atoms with Gasteiger partial charge < -0.3 is 9.64 Å². The third kappa shape index (κ3) is 3.29. The molecule has 0 radical (unpaired) electrons. The van der Waals surface area contributed by atoms with Crippen molar-refractivity contribution in [2.24, 2.45) is 0 Å². The summed E-state index contributed by atoms with van der Waals surface area (Å²) in [5.74, 6) is 0. The molecule has 0 aliphatic carbocycles. The number of carbonyl (C=O) groups excluding carboxylic acids is 1. The Morgan fingerprint density at radius 2 is 2.00 bits per heavy atom. The smallest absolute Gasteiger partial charge is 0.410 e. The molecule has 0 spiro atoms. The van der Waals surface area contributed by atoms with E-state index >= 15 is 0 Å². The number of hydrogen-bond donors (Lipinski definition) is 0. The molecule has 3 heteroatoms. The van der Waals surface area contributed by atoms with Crippen molar-refractivity contribution in [1.82, 2.24) is 4.90 Å². The highest BCUT2D eigenvalue weighted by Crippen LogP contribution is 2.29. The Kier molecular flexibility index (Phi) is 4.13. The molecule has 1 heterocycles. The van der Waals surface area contributed by atoms with Crippen LogP contribution in [0.1, 0.15) is 48.6 Å². The minimum Gasteiger partial charge on any atom is -0.444 e.